The van der Waals surface area contributed by atoms with Crippen LogP contribution < -0.4 is 5.32 Å². The van der Waals surface area contributed by atoms with Crippen LogP contribution in [0.15, 0.2) is 42.5 Å². The molecule has 0 saturated carbocycles. The summed E-state index contributed by atoms with van der Waals surface area (Å²) in [4.78, 5) is 38.5. The molecule has 2 aromatic heterocycles. The van der Waals surface area contributed by atoms with Crippen LogP contribution in [-0.4, -0.2) is 69.9 Å². The Morgan fingerprint density at radius 3 is 2.51 bits per heavy atom. The number of carbonyl (C=O) groups excluding carboxylic acids is 2. The van der Waals surface area contributed by atoms with E-state index in [-0.39, 0.29) is 29.4 Å². The van der Waals surface area contributed by atoms with Crippen molar-refractivity contribution >= 4 is 28.8 Å². The number of nitrogens with zero attached hydrogens (tertiary/aromatic N) is 5. The molecule has 1 aliphatic heterocycles. The Labute approximate surface area is 225 Å². The molecular weight excluding hydrogens is 509 g/mol. The van der Waals surface area contributed by atoms with Gasteiger partial charge in [0, 0.05) is 42.7 Å². The van der Waals surface area contributed by atoms with Gasteiger partial charge in [-0.05, 0) is 71.5 Å². The van der Waals surface area contributed by atoms with Gasteiger partial charge in [-0.15, -0.1) is 0 Å². The van der Waals surface area contributed by atoms with Crippen molar-refractivity contribution in [2.24, 2.45) is 0 Å². The third-order valence-electron chi connectivity index (χ3n) is 6.64. The van der Waals surface area contributed by atoms with Crippen LogP contribution in [0, 0.1) is 13.8 Å². The summed E-state index contributed by atoms with van der Waals surface area (Å²) in [6.07, 6.45) is 0.596. The fourth-order valence-electron chi connectivity index (χ4n) is 4.96. The number of anilines is 1. The summed E-state index contributed by atoms with van der Waals surface area (Å²) in [5.74, 6) is -0.680. The number of carbonyl (C=O) groups is 2. The summed E-state index contributed by atoms with van der Waals surface area (Å²) in [5, 5.41) is 2.75. The molecule has 4 rings (SSSR count). The maximum atomic E-state index is 14.2. The summed E-state index contributed by atoms with van der Waals surface area (Å²) in [5.41, 5.74) is 0.802. The molecule has 3 heterocycles. The molecule has 1 unspecified atom stereocenters. The molecule has 0 radical (unpaired) electrons. The fourth-order valence-corrected chi connectivity index (χ4v) is 4.96. The van der Waals surface area contributed by atoms with E-state index in [0.29, 0.717) is 42.9 Å². The van der Waals surface area contributed by atoms with Gasteiger partial charge in [-0.3, -0.25) is 19.9 Å². The van der Waals surface area contributed by atoms with E-state index in [1.807, 2.05) is 19.0 Å². The lowest BCUT2D eigenvalue weighted by Gasteiger charge is -2.27. The Kier molecular flexibility index (Phi) is 8.39. The third kappa shape index (κ3) is 6.65. The molecule has 208 valence electrons. The molecule has 39 heavy (non-hydrogen) atoms. The second kappa shape index (κ2) is 11.6. The monoisotopic (exact) mass is 542 g/mol. The lowest BCUT2D eigenvalue weighted by molar-refractivity contribution is -0.136. The van der Waals surface area contributed by atoms with Crippen molar-refractivity contribution in [3.05, 3.63) is 65.0 Å². The maximum absolute atomic E-state index is 14.2. The number of rotatable bonds is 6. The predicted molar refractivity (Wildman–Crippen MR) is 144 cm³/mol. The number of likely N-dealkylation sites (N-methyl/N-ethyl adjacent to an activating group) is 1. The quantitative estimate of drug-likeness (QED) is 0.444. The SMILES string of the molecule is Cc1cc(C(=O)Nc2nc3cccc(C(F)(F)F)c3n2C2CCCCN(C(=O)C=CCN(C)C)C2)cc(C)n1. The molecule has 1 atom stereocenters. The van der Waals surface area contributed by atoms with E-state index in [1.54, 1.807) is 37.0 Å². The number of likely N-dealkylation sites (tertiary alicyclic amines) is 1. The minimum absolute atomic E-state index is 0.0151. The van der Waals surface area contributed by atoms with Crippen LogP contribution in [-0.2, 0) is 11.0 Å². The van der Waals surface area contributed by atoms with Gasteiger partial charge >= 0.3 is 6.18 Å². The molecule has 0 bridgehead atoms. The van der Waals surface area contributed by atoms with Gasteiger partial charge < -0.3 is 14.4 Å². The van der Waals surface area contributed by atoms with Crippen LogP contribution in [0.5, 0.6) is 0 Å². The van der Waals surface area contributed by atoms with Gasteiger partial charge in [-0.1, -0.05) is 12.1 Å². The highest BCUT2D eigenvalue weighted by molar-refractivity contribution is 6.04. The van der Waals surface area contributed by atoms with Crippen molar-refractivity contribution in [3.8, 4) is 0 Å². The Balaban J connectivity index is 1.78. The fraction of sp³-hybridized carbons (Fsp3) is 0.429. The first kappa shape index (κ1) is 28.3. The zero-order chi connectivity index (χ0) is 28.3. The molecule has 1 saturated heterocycles. The number of benzene rings is 1. The molecular formula is C28H33F3N6O2. The lowest BCUT2D eigenvalue weighted by Crippen LogP contribution is -2.35. The molecule has 0 spiro atoms. The van der Waals surface area contributed by atoms with Crippen LogP contribution >= 0.6 is 0 Å². The van der Waals surface area contributed by atoms with E-state index in [2.05, 4.69) is 15.3 Å². The number of halogens is 3. The van der Waals surface area contributed by atoms with Crippen LogP contribution in [0.1, 0.15) is 52.6 Å². The minimum atomic E-state index is -4.63. The molecule has 11 heteroatoms. The van der Waals surface area contributed by atoms with Gasteiger partial charge in [-0.2, -0.15) is 13.2 Å². The molecule has 1 aliphatic rings. The Hall–Kier alpha value is -3.73. The van der Waals surface area contributed by atoms with Crippen molar-refractivity contribution in [2.45, 2.75) is 45.3 Å². The highest BCUT2D eigenvalue weighted by Gasteiger charge is 2.36. The first-order chi connectivity index (χ1) is 18.4. The topological polar surface area (TPSA) is 83.4 Å². The van der Waals surface area contributed by atoms with E-state index in [9.17, 15) is 22.8 Å². The van der Waals surface area contributed by atoms with E-state index in [0.717, 1.165) is 12.5 Å². The Bertz CT molecular complexity index is 1380. The normalized spacial score (nSPS) is 16.7. The number of amides is 2. The Morgan fingerprint density at radius 2 is 1.85 bits per heavy atom. The van der Waals surface area contributed by atoms with Gasteiger partial charge in [0.25, 0.3) is 5.91 Å². The number of aryl methyl sites for hydroxylation is 2. The van der Waals surface area contributed by atoms with Crippen molar-refractivity contribution in [1.29, 1.82) is 0 Å². The number of aromatic nitrogens is 3. The van der Waals surface area contributed by atoms with E-state index >= 15 is 0 Å². The lowest BCUT2D eigenvalue weighted by atomic mass is 10.1. The third-order valence-corrected chi connectivity index (χ3v) is 6.64. The molecule has 1 aromatic carbocycles. The van der Waals surface area contributed by atoms with E-state index in [4.69, 9.17) is 0 Å². The first-order valence-electron chi connectivity index (χ1n) is 12.9. The molecule has 1 fully saturated rings. The number of hydrogen-bond acceptors (Lipinski definition) is 5. The molecule has 2 amide bonds. The number of imidazole rings is 1. The van der Waals surface area contributed by atoms with Gasteiger partial charge in [0.2, 0.25) is 11.9 Å². The van der Waals surface area contributed by atoms with Crippen molar-refractivity contribution in [2.75, 3.05) is 39.0 Å². The summed E-state index contributed by atoms with van der Waals surface area (Å²) >= 11 is 0. The highest BCUT2D eigenvalue weighted by atomic mass is 19.4. The summed E-state index contributed by atoms with van der Waals surface area (Å²) in [6.45, 7) is 4.81. The number of nitrogens with one attached hydrogen (secondary N) is 1. The number of alkyl halides is 3. The largest absolute Gasteiger partial charge is 0.418 e. The molecule has 0 aliphatic carbocycles. The van der Waals surface area contributed by atoms with Gasteiger partial charge in [0.15, 0.2) is 0 Å². The van der Waals surface area contributed by atoms with Crippen molar-refractivity contribution in [1.82, 2.24) is 24.3 Å². The van der Waals surface area contributed by atoms with E-state index in [1.165, 1.54) is 22.8 Å². The second-order valence-electron chi connectivity index (χ2n) is 10.2. The highest BCUT2D eigenvalue weighted by Crippen LogP contribution is 2.39. The number of para-hydroxylation sites is 1. The maximum Gasteiger partial charge on any atom is 0.418 e. The Morgan fingerprint density at radius 1 is 1.13 bits per heavy atom. The molecule has 3 aromatic rings. The van der Waals surface area contributed by atoms with Gasteiger partial charge in [-0.25, -0.2) is 4.98 Å². The van der Waals surface area contributed by atoms with Crippen molar-refractivity contribution in [3.63, 3.8) is 0 Å². The average Bonchev–Trinajstić information content (AvgIpc) is 3.02. The molecule has 8 nitrogen and oxygen atoms in total. The predicted octanol–water partition coefficient (Wildman–Crippen LogP) is 4.99. The number of hydrogen-bond donors (Lipinski definition) is 1. The van der Waals surface area contributed by atoms with Crippen molar-refractivity contribution < 1.29 is 22.8 Å². The van der Waals surface area contributed by atoms with Crippen LogP contribution in [0.3, 0.4) is 0 Å². The van der Waals surface area contributed by atoms with Gasteiger partial charge in [0.1, 0.15) is 0 Å². The number of pyridine rings is 1. The van der Waals surface area contributed by atoms with E-state index < -0.39 is 23.7 Å². The van der Waals surface area contributed by atoms with Crippen LogP contribution in [0.4, 0.5) is 19.1 Å². The standard InChI is InChI=1S/C28H33F3N6O2/c1-18-15-20(16-19(2)32-18)26(39)34-27-33-23-11-7-10-22(28(29,30)31)25(23)37(27)21-9-5-6-14-36(17-21)24(38)12-8-13-35(3)4/h7-8,10-12,15-16,21H,5-6,9,13-14,17H2,1-4H3,(H,33,34,39). The minimum Gasteiger partial charge on any atom is -0.337 e. The van der Waals surface area contributed by atoms with Crippen LogP contribution in [0.25, 0.3) is 11.0 Å². The first-order valence-corrected chi connectivity index (χ1v) is 12.9. The second-order valence-corrected chi connectivity index (χ2v) is 10.2. The zero-order valence-corrected chi connectivity index (χ0v) is 22.5. The summed E-state index contributed by atoms with van der Waals surface area (Å²) in [6, 6.07) is 6.53. The summed E-state index contributed by atoms with van der Waals surface area (Å²) < 4.78 is 44.0. The summed E-state index contributed by atoms with van der Waals surface area (Å²) in [7, 11) is 3.78. The number of fused-ring (bicyclic) bond motifs is 1. The zero-order valence-electron chi connectivity index (χ0n) is 22.5. The molecule has 1 N–H and O–H groups in total. The average molecular weight is 543 g/mol. The smallest absolute Gasteiger partial charge is 0.337 e. The van der Waals surface area contributed by atoms with Gasteiger partial charge in [0.05, 0.1) is 22.6 Å². The van der Waals surface area contributed by atoms with Crippen LogP contribution in [0.2, 0.25) is 0 Å².